The number of hydrogen-bond acceptors (Lipinski definition) is 20. The summed E-state index contributed by atoms with van der Waals surface area (Å²) in [4.78, 5) is 114. The summed E-state index contributed by atoms with van der Waals surface area (Å²) in [5, 5.41) is 26.2. The van der Waals surface area contributed by atoms with Crippen molar-refractivity contribution in [1.29, 1.82) is 0 Å². The van der Waals surface area contributed by atoms with Crippen molar-refractivity contribution < 1.29 is 83.8 Å². The van der Waals surface area contributed by atoms with Gasteiger partial charge in [-0.15, -0.1) is 0 Å². The average molecular weight is 1520 g/mol. The van der Waals surface area contributed by atoms with Crippen molar-refractivity contribution in [2.45, 2.75) is 144 Å². The van der Waals surface area contributed by atoms with E-state index in [4.69, 9.17) is 35.3 Å². The van der Waals surface area contributed by atoms with E-state index in [0.717, 1.165) is 45.4 Å². The summed E-state index contributed by atoms with van der Waals surface area (Å²) >= 11 is 6.17. The van der Waals surface area contributed by atoms with Gasteiger partial charge in [0.2, 0.25) is 0 Å². The lowest BCUT2D eigenvalue weighted by molar-refractivity contribution is -0.386. The fraction of sp³-hybridized carbons (Fsp3) is 0.405. The number of aromatic nitrogens is 4. The molecule has 0 unspecified atom stereocenters. The Labute approximate surface area is 615 Å². The summed E-state index contributed by atoms with van der Waals surface area (Å²) in [5.41, 5.74) is -9.35. The molecule has 2 fully saturated rings. The summed E-state index contributed by atoms with van der Waals surface area (Å²) in [6.07, 6.45) is 1.76. The average Bonchev–Trinajstić information content (AvgIpc) is 0.715. The fourth-order valence-electron chi connectivity index (χ4n) is 12.6. The first-order valence-electron chi connectivity index (χ1n) is 33.5. The number of hydrogen-bond donors (Lipinski definition) is 1. The number of benzene rings is 4. The van der Waals surface area contributed by atoms with Gasteiger partial charge >= 0.3 is 46.6 Å². The molecular weight excluding hydrogens is 1430 g/mol. The number of ether oxygens (including phenoxy) is 6. The van der Waals surface area contributed by atoms with Gasteiger partial charge in [-0.3, -0.25) is 53.7 Å². The number of esters is 2. The number of methoxy groups -OCH3 is 4. The highest BCUT2D eigenvalue weighted by Gasteiger charge is 2.46. The molecule has 10 rings (SSSR count). The first-order chi connectivity index (χ1) is 50.1. The zero-order chi connectivity index (χ0) is 79.7. The van der Waals surface area contributed by atoms with Crippen LogP contribution < -0.4 is 30.8 Å². The van der Waals surface area contributed by atoms with Crippen LogP contribution >= 0.6 is 11.6 Å². The van der Waals surface area contributed by atoms with Crippen molar-refractivity contribution in [3.8, 4) is 45.1 Å². The molecule has 4 aromatic heterocycles. The maximum Gasteiger partial charge on any atom is 0.410 e. The number of nitro groups is 2. The number of fused-ring (bicyclic) bond motifs is 2. The molecule has 4 atom stereocenters. The molecule has 8 aromatic rings. The van der Waals surface area contributed by atoms with Crippen LogP contribution in [0.15, 0.2) is 82.6 Å². The summed E-state index contributed by atoms with van der Waals surface area (Å²) < 4.78 is 129. The number of amides is 2. The number of nitrogens with zero attached hydrogens (tertiary/aromatic N) is 9. The standard InChI is InChI=1S/C37H40F3N5O8.C25H19ClF3N3O4.C12H22N2O4/c1-18(2)29-30(19(3)13-14-41-29)44-31-21(15-23(39)27(28(31)40)26-22(38)11-10-12-25(26)51-8)32(33(34(44)46)45(49)50)43-16-20(4)42(17-24(43)35(47)52-9)36(48)53-37(5,6)7;1-11(2)21-22(12(3)8-9-30-21)31-23-13(19(26)24(25(31)33)32(34)35)10-15(28)18(20(23)29)17-14(27)6-5-7-16(17)36-4;1-8-6-13-9(10(15)17-5)7-14(8)11(16)18-12(2,3)4/h10-15,18,20,24H,16-17H2,1-9H3;5-11H,1-4H3;8-9,13H,6-7H2,1-5H3/t20-,24-;;8-,9-/m1.1/s1. The van der Waals surface area contributed by atoms with Crippen LogP contribution in [-0.4, -0.2) is 153 Å². The highest BCUT2D eigenvalue weighted by Crippen LogP contribution is 2.47. The van der Waals surface area contributed by atoms with E-state index in [1.165, 1.54) is 69.0 Å². The van der Waals surface area contributed by atoms with Gasteiger partial charge in [0.25, 0.3) is 0 Å². The third-order valence-electron chi connectivity index (χ3n) is 17.5. The van der Waals surface area contributed by atoms with Crippen molar-refractivity contribution in [2.24, 2.45) is 0 Å². The van der Waals surface area contributed by atoms with E-state index >= 15 is 22.0 Å². The summed E-state index contributed by atoms with van der Waals surface area (Å²) in [5.74, 6) is -9.80. The molecule has 26 nitrogen and oxygen atoms in total. The van der Waals surface area contributed by atoms with E-state index < -0.39 is 182 Å². The maximum absolute atomic E-state index is 17.5. The number of aryl methyl sites for hydroxylation is 2. The van der Waals surface area contributed by atoms with Crippen LogP contribution in [0, 0.1) is 69.0 Å². The Balaban J connectivity index is 0.000000229. The zero-order valence-corrected chi connectivity index (χ0v) is 62.7. The third kappa shape index (κ3) is 16.4. The van der Waals surface area contributed by atoms with Crippen molar-refractivity contribution in [2.75, 3.05) is 59.5 Å². The predicted molar refractivity (Wildman–Crippen MR) is 386 cm³/mol. The number of nitrogens with one attached hydrogen (secondary N) is 1. The van der Waals surface area contributed by atoms with Crippen LogP contribution in [0.3, 0.4) is 0 Å². The van der Waals surface area contributed by atoms with E-state index in [1.54, 1.807) is 80.2 Å². The lowest BCUT2D eigenvalue weighted by atomic mass is 9.96. The van der Waals surface area contributed by atoms with Crippen LogP contribution in [0.1, 0.15) is 117 Å². The number of anilines is 1. The van der Waals surface area contributed by atoms with Gasteiger partial charge in [0.15, 0.2) is 11.6 Å². The minimum atomic E-state index is -1.51. The number of carbonyl (C=O) groups excluding carboxylic acids is 4. The lowest BCUT2D eigenvalue weighted by Gasteiger charge is -2.45. The molecule has 107 heavy (non-hydrogen) atoms. The Hall–Kier alpha value is -10.9. The normalized spacial score (nSPS) is 16.0. The maximum atomic E-state index is 17.5. The first-order valence-corrected chi connectivity index (χ1v) is 33.8. The van der Waals surface area contributed by atoms with E-state index in [0.29, 0.717) is 23.4 Å². The third-order valence-corrected chi connectivity index (χ3v) is 17.9. The van der Waals surface area contributed by atoms with Gasteiger partial charge in [-0.05, 0) is 141 Å². The number of pyridine rings is 4. The van der Waals surface area contributed by atoms with Gasteiger partial charge in [-0.2, -0.15) is 0 Å². The van der Waals surface area contributed by atoms with Crippen molar-refractivity contribution in [1.82, 2.24) is 34.2 Å². The van der Waals surface area contributed by atoms with E-state index in [9.17, 15) is 53.4 Å². The SMILES string of the molecule is COC(=O)[C@H]1CN(C(=O)OC(C)(C)C)[C@H](C)CN1.COC(=O)[C@H]1CN(C(=O)OC(C)(C)C)[C@H](C)CN1c1c([N+](=O)[O-])c(=O)n(-c2c(C)ccnc2C(C)C)c2c(F)c(-c3c(F)cccc3OC)c(F)cc12.COc1cccc(F)c1-c1c(F)cc2c(Cl)c([N+](=O)[O-])c(=O)n(-c3c(C)ccnc3C(C)C)c2c1F. The molecule has 1 N–H and O–H groups in total. The number of carbonyl (C=O) groups is 4. The number of piperazine rings is 2. The second-order valence-electron chi connectivity index (χ2n) is 27.8. The van der Waals surface area contributed by atoms with Crippen LogP contribution in [0.4, 0.5) is 53.0 Å². The second-order valence-corrected chi connectivity index (χ2v) is 28.2. The van der Waals surface area contributed by atoms with Gasteiger partial charge in [0, 0.05) is 48.3 Å². The smallest absolute Gasteiger partial charge is 0.410 e. The Morgan fingerprint density at radius 1 is 0.579 bits per heavy atom. The number of rotatable bonds is 13. The molecule has 2 amide bonds. The van der Waals surface area contributed by atoms with E-state index in [-0.39, 0.29) is 59.6 Å². The first kappa shape index (κ1) is 81.8. The van der Waals surface area contributed by atoms with Crippen LogP contribution in [0.2, 0.25) is 5.02 Å². The van der Waals surface area contributed by atoms with Gasteiger partial charge in [0.05, 0.1) is 107 Å². The molecule has 0 aliphatic carbocycles. The molecule has 2 aliphatic rings. The van der Waals surface area contributed by atoms with Crippen LogP contribution in [0.5, 0.6) is 11.5 Å². The summed E-state index contributed by atoms with van der Waals surface area (Å²) in [6.45, 7) is 24.2. The summed E-state index contributed by atoms with van der Waals surface area (Å²) in [6, 6.07) is 8.92. The van der Waals surface area contributed by atoms with E-state index in [1.807, 2.05) is 27.7 Å². The molecule has 572 valence electrons. The predicted octanol–water partition coefficient (Wildman–Crippen LogP) is 14.0. The summed E-state index contributed by atoms with van der Waals surface area (Å²) in [7, 11) is 4.79. The fourth-order valence-corrected chi connectivity index (χ4v) is 12.9. The zero-order valence-electron chi connectivity index (χ0n) is 61.9. The monoisotopic (exact) mass is 1510 g/mol. The molecule has 6 heterocycles. The quantitative estimate of drug-likeness (QED) is 0.0369. The molecule has 0 saturated carbocycles. The van der Waals surface area contributed by atoms with Crippen molar-refractivity contribution in [3.05, 3.63) is 176 Å². The van der Waals surface area contributed by atoms with Crippen molar-refractivity contribution in [3.63, 3.8) is 0 Å². The largest absolute Gasteiger partial charge is 0.496 e. The van der Waals surface area contributed by atoms with Gasteiger partial charge in [-0.1, -0.05) is 51.4 Å². The van der Waals surface area contributed by atoms with Crippen LogP contribution in [0.25, 0.3) is 55.4 Å². The van der Waals surface area contributed by atoms with Gasteiger partial charge in [0.1, 0.15) is 68.8 Å². The Morgan fingerprint density at radius 2 is 1.00 bits per heavy atom. The molecule has 2 saturated heterocycles. The highest BCUT2D eigenvalue weighted by atomic mass is 35.5. The topological polar surface area (TPSA) is 301 Å². The molecule has 33 heteroatoms. The molecular formula is C74H81ClF6N10O16. The Bertz CT molecular complexity index is 4990. The van der Waals surface area contributed by atoms with Gasteiger partial charge in [-0.25, -0.2) is 40.7 Å². The Morgan fingerprint density at radius 3 is 1.41 bits per heavy atom. The van der Waals surface area contributed by atoms with Crippen molar-refractivity contribution >= 4 is 74.6 Å². The lowest BCUT2D eigenvalue weighted by Crippen LogP contribution is -2.62. The van der Waals surface area contributed by atoms with Gasteiger partial charge < -0.3 is 48.4 Å². The van der Waals surface area contributed by atoms with E-state index in [2.05, 4.69) is 20.0 Å². The highest BCUT2D eigenvalue weighted by molar-refractivity contribution is 6.37. The molecule has 0 bridgehead atoms. The minimum Gasteiger partial charge on any atom is -0.496 e. The molecule has 0 spiro atoms. The Kier molecular flexibility index (Phi) is 24.8. The molecule has 0 radical (unpaired) electrons. The minimum absolute atomic E-state index is 0.00302. The molecule has 4 aromatic carbocycles. The van der Waals surface area contributed by atoms with Crippen LogP contribution in [-0.2, 0) is 28.5 Å². The second kappa shape index (κ2) is 32.5. The number of halogens is 7. The molecule has 2 aliphatic heterocycles.